The number of benzene rings is 3. The van der Waals surface area contributed by atoms with Crippen molar-refractivity contribution >= 4 is 44.6 Å². The summed E-state index contributed by atoms with van der Waals surface area (Å²) in [5.74, 6) is 0.601. The summed E-state index contributed by atoms with van der Waals surface area (Å²) < 4.78 is 11.8. The highest BCUT2D eigenvalue weighted by Gasteiger charge is 2.16. The van der Waals surface area contributed by atoms with E-state index in [0.29, 0.717) is 10.9 Å². The van der Waals surface area contributed by atoms with Crippen molar-refractivity contribution in [2.45, 2.75) is 0 Å². The predicted octanol–water partition coefficient (Wildman–Crippen LogP) is 6.05. The summed E-state index contributed by atoms with van der Waals surface area (Å²) in [4.78, 5) is 4.69. The van der Waals surface area contributed by atoms with Gasteiger partial charge in [-0.1, -0.05) is 29.8 Å². The summed E-state index contributed by atoms with van der Waals surface area (Å²) in [5, 5.41) is 2.56. The summed E-state index contributed by atoms with van der Waals surface area (Å²) >= 11 is 6.14. The van der Waals surface area contributed by atoms with Crippen LogP contribution in [0.5, 0.6) is 0 Å². The minimum atomic E-state index is 0.601. The summed E-state index contributed by atoms with van der Waals surface area (Å²) in [7, 11) is 0. The third-order valence-corrected chi connectivity index (χ3v) is 4.21. The molecule has 110 valence electrons. The van der Waals surface area contributed by atoms with Gasteiger partial charge in [0.05, 0.1) is 5.39 Å². The van der Waals surface area contributed by atoms with Crippen molar-refractivity contribution < 1.29 is 8.83 Å². The molecule has 0 aliphatic heterocycles. The maximum atomic E-state index is 6.14. The lowest BCUT2D eigenvalue weighted by molar-refractivity contribution is 0.619. The number of nitrogens with zero attached hydrogens (tertiary/aromatic N) is 1. The molecule has 0 saturated carbocycles. The van der Waals surface area contributed by atoms with Crippen LogP contribution >= 0.6 is 11.6 Å². The fraction of sp³-hybridized carbons (Fsp3) is 0. The van der Waals surface area contributed by atoms with E-state index in [1.54, 1.807) is 0 Å². The first kappa shape index (κ1) is 12.7. The SMILES string of the molecule is Clc1ccc2oc3ccc4oc(-c5ccccc5)nc4c3c2c1. The molecule has 0 N–H and O–H groups in total. The molecule has 5 aromatic rings. The van der Waals surface area contributed by atoms with Crippen LogP contribution in [0.4, 0.5) is 0 Å². The van der Waals surface area contributed by atoms with Crippen molar-refractivity contribution in [3.63, 3.8) is 0 Å². The van der Waals surface area contributed by atoms with E-state index in [1.807, 2.05) is 60.7 Å². The fourth-order valence-corrected chi connectivity index (χ4v) is 3.10. The van der Waals surface area contributed by atoms with Gasteiger partial charge in [0.15, 0.2) is 5.58 Å². The van der Waals surface area contributed by atoms with E-state index in [0.717, 1.165) is 38.6 Å². The minimum Gasteiger partial charge on any atom is -0.456 e. The molecule has 0 radical (unpaired) electrons. The van der Waals surface area contributed by atoms with Crippen LogP contribution in [0.15, 0.2) is 69.5 Å². The Morgan fingerprint density at radius 3 is 2.43 bits per heavy atom. The van der Waals surface area contributed by atoms with Crippen molar-refractivity contribution in [3.8, 4) is 11.5 Å². The molecule has 5 rings (SSSR count). The number of aromatic nitrogens is 1. The second-order valence-electron chi connectivity index (χ2n) is 5.41. The highest BCUT2D eigenvalue weighted by atomic mass is 35.5. The number of rotatable bonds is 1. The van der Waals surface area contributed by atoms with Crippen molar-refractivity contribution in [2.24, 2.45) is 0 Å². The highest BCUT2D eigenvalue weighted by molar-refractivity contribution is 6.32. The molecule has 0 aliphatic rings. The Morgan fingerprint density at radius 1 is 0.783 bits per heavy atom. The van der Waals surface area contributed by atoms with Gasteiger partial charge in [0, 0.05) is 16.0 Å². The van der Waals surface area contributed by atoms with Crippen molar-refractivity contribution in [1.82, 2.24) is 4.98 Å². The standard InChI is InChI=1S/C19H10ClNO2/c20-12-6-7-14-13(10-12)17-15(22-14)8-9-16-18(17)21-19(23-16)11-4-2-1-3-5-11/h1-10H. The van der Waals surface area contributed by atoms with Crippen LogP contribution in [0.3, 0.4) is 0 Å². The molecular weight excluding hydrogens is 310 g/mol. The number of hydrogen-bond acceptors (Lipinski definition) is 3. The quantitative estimate of drug-likeness (QED) is 0.377. The number of oxazole rings is 1. The largest absolute Gasteiger partial charge is 0.456 e. The van der Waals surface area contributed by atoms with Gasteiger partial charge in [-0.05, 0) is 42.5 Å². The summed E-state index contributed by atoms with van der Waals surface area (Å²) in [6.07, 6.45) is 0. The van der Waals surface area contributed by atoms with Gasteiger partial charge in [0.25, 0.3) is 0 Å². The van der Waals surface area contributed by atoms with Gasteiger partial charge in [0.2, 0.25) is 5.89 Å². The lowest BCUT2D eigenvalue weighted by Gasteiger charge is -1.91. The normalized spacial score (nSPS) is 11.7. The van der Waals surface area contributed by atoms with Gasteiger partial charge in [-0.15, -0.1) is 0 Å². The fourth-order valence-electron chi connectivity index (χ4n) is 2.93. The third-order valence-electron chi connectivity index (χ3n) is 3.97. The number of fused-ring (bicyclic) bond motifs is 5. The summed E-state index contributed by atoms with van der Waals surface area (Å²) in [5.41, 5.74) is 4.05. The predicted molar refractivity (Wildman–Crippen MR) is 91.7 cm³/mol. The van der Waals surface area contributed by atoms with Crippen LogP contribution in [-0.4, -0.2) is 4.98 Å². The molecule has 0 bridgehead atoms. The zero-order valence-electron chi connectivity index (χ0n) is 11.9. The molecule has 3 aromatic carbocycles. The minimum absolute atomic E-state index is 0.601. The molecule has 2 heterocycles. The average Bonchev–Trinajstić information content (AvgIpc) is 3.16. The van der Waals surface area contributed by atoms with Crippen molar-refractivity contribution in [2.75, 3.05) is 0 Å². The van der Waals surface area contributed by atoms with Crippen molar-refractivity contribution in [1.29, 1.82) is 0 Å². The highest BCUT2D eigenvalue weighted by Crippen LogP contribution is 2.37. The second-order valence-corrected chi connectivity index (χ2v) is 5.85. The molecule has 0 atom stereocenters. The average molecular weight is 320 g/mol. The molecule has 0 amide bonds. The lowest BCUT2D eigenvalue weighted by atomic mass is 10.1. The molecule has 4 heteroatoms. The zero-order valence-corrected chi connectivity index (χ0v) is 12.7. The van der Waals surface area contributed by atoms with Gasteiger partial charge >= 0.3 is 0 Å². The Kier molecular flexibility index (Phi) is 2.55. The third kappa shape index (κ3) is 1.87. The topological polar surface area (TPSA) is 39.2 Å². The molecule has 0 saturated heterocycles. The van der Waals surface area contributed by atoms with Crippen LogP contribution in [0.25, 0.3) is 44.5 Å². The Balaban J connectivity index is 1.90. The smallest absolute Gasteiger partial charge is 0.227 e. The van der Waals surface area contributed by atoms with Gasteiger partial charge in [-0.3, -0.25) is 0 Å². The second kappa shape index (κ2) is 4.61. The molecule has 2 aromatic heterocycles. The molecule has 0 aliphatic carbocycles. The first-order valence-electron chi connectivity index (χ1n) is 7.26. The molecule has 0 unspecified atom stereocenters. The van der Waals surface area contributed by atoms with E-state index in [9.17, 15) is 0 Å². The van der Waals surface area contributed by atoms with Gasteiger partial charge in [-0.25, -0.2) is 4.98 Å². The van der Waals surface area contributed by atoms with E-state index in [2.05, 4.69) is 0 Å². The molecular formula is C19H10ClNO2. The summed E-state index contributed by atoms with van der Waals surface area (Å²) in [6, 6.07) is 19.3. The summed E-state index contributed by atoms with van der Waals surface area (Å²) in [6.45, 7) is 0. The Hall–Kier alpha value is -2.78. The van der Waals surface area contributed by atoms with Gasteiger partial charge in [0.1, 0.15) is 16.7 Å². The molecule has 0 spiro atoms. The Labute approximate surface area is 136 Å². The van der Waals surface area contributed by atoms with E-state index in [-0.39, 0.29) is 0 Å². The maximum Gasteiger partial charge on any atom is 0.227 e. The van der Waals surface area contributed by atoms with Gasteiger partial charge < -0.3 is 8.83 Å². The number of furan rings is 1. The van der Waals surface area contributed by atoms with Gasteiger partial charge in [-0.2, -0.15) is 0 Å². The Morgan fingerprint density at radius 2 is 1.57 bits per heavy atom. The molecule has 23 heavy (non-hydrogen) atoms. The van der Waals surface area contributed by atoms with Crippen LogP contribution in [0.1, 0.15) is 0 Å². The number of hydrogen-bond donors (Lipinski definition) is 0. The molecule has 0 fully saturated rings. The van der Waals surface area contributed by atoms with E-state index < -0.39 is 0 Å². The number of halogens is 1. The van der Waals surface area contributed by atoms with Crippen LogP contribution in [0, 0.1) is 0 Å². The monoisotopic (exact) mass is 319 g/mol. The van der Waals surface area contributed by atoms with E-state index in [4.69, 9.17) is 25.4 Å². The van der Waals surface area contributed by atoms with Crippen LogP contribution < -0.4 is 0 Å². The lowest BCUT2D eigenvalue weighted by Crippen LogP contribution is -1.76. The first-order chi connectivity index (χ1) is 11.3. The Bertz CT molecular complexity index is 1170. The van der Waals surface area contributed by atoms with E-state index >= 15 is 0 Å². The van der Waals surface area contributed by atoms with E-state index in [1.165, 1.54) is 0 Å². The molecule has 3 nitrogen and oxygen atoms in total. The zero-order chi connectivity index (χ0) is 15.4. The van der Waals surface area contributed by atoms with Crippen LogP contribution in [-0.2, 0) is 0 Å². The maximum absolute atomic E-state index is 6.14. The van der Waals surface area contributed by atoms with Crippen molar-refractivity contribution in [3.05, 3.63) is 65.7 Å². The first-order valence-corrected chi connectivity index (χ1v) is 7.64. The van der Waals surface area contributed by atoms with Crippen LogP contribution in [0.2, 0.25) is 5.02 Å².